The number of aromatic nitrogens is 1. The molecule has 1 heterocycles. The van der Waals surface area contributed by atoms with Crippen LogP contribution < -0.4 is 5.32 Å². The van der Waals surface area contributed by atoms with Gasteiger partial charge in [0.05, 0.1) is 0 Å². The number of hydrogen-bond donors (Lipinski definition) is 3. The van der Waals surface area contributed by atoms with Gasteiger partial charge in [-0.1, -0.05) is 0 Å². The molecular formula is C15H24N2O3. The summed E-state index contributed by atoms with van der Waals surface area (Å²) in [5.74, 6) is -0.268. The van der Waals surface area contributed by atoms with Crippen molar-refractivity contribution in [2.45, 2.75) is 53.0 Å². The smallest absolute Gasteiger partial charge is 0.268 e. The highest BCUT2D eigenvalue weighted by Gasteiger charge is 2.25. The fraction of sp³-hybridized carbons (Fsp3) is 0.600. The van der Waals surface area contributed by atoms with Gasteiger partial charge in [0.15, 0.2) is 5.78 Å². The Hall–Kier alpha value is -1.62. The summed E-state index contributed by atoms with van der Waals surface area (Å²) in [6.07, 6.45) is 1.32. The molecule has 3 N–H and O–H groups in total. The molecule has 5 heteroatoms. The summed E-state index contributed by atoms with van der Waals surface area (Å²) in [4.78, 5) is 26.9. The number of ketones is 1. The van der Waals surface area contributed by atoms with Crippen molar-refractivity contribution >= 4 is 11.7 Å². The van der Waals surface area contributed by atoms with Crippen LogP contribution in [0.4, 0.5) is 0 Å². The van der Waals surface area contributed by atoms with Gasteiger partial charge in [-0.2, -0.15) is 0 Å². The summed E-state index contributed by atoms with van der Waals surface area (Å²) < 4.78 is 0. The van der Waals surface area contributed by atoms with Crippen LogP contribution in [-0.4, -0.2) is 33.9 Å². The van der Waals surface area contributed by atoms with E-state index in [2.05, 4.69) is 10.3 Å². The highest BCUT2D eigenvalue weighted by atomic mass is 16.3. The number of Topliss-reactive ketones (excluding diaryl/α,β-unsaturated/α-hetero) is 1. The first-order chi connectivity index (χ1) is 9.19. The van der Waals surface area contributed by atoms with Crippen LogP contribution in [0.2, 0.25) is 0 Å². The molecule has 0 aromatic carbocycles. The monoisotopic (exact) mass is 280 g/mol. The van der Waals surface area contributed by atoms with Gasteiger partial charge in [-0.05, 0) is 53.0 Å². The Labute approximate surface area is 119 Å². The molecule has 0 atom stereocenters. The average Bonchev–Trinajstić information content (AvgIpc) is 2.61. The van der Waals surface area contributed by atoms with Crippen molar-refractivity contribution in [1.82, 2.24) is 10.3 Å². The number of aliphatic hydroxyl groups is 1. The molecule has 0 fully saturated rings. The van der Waals surface area contributed by atoms with E-state index >= 15 is 0 Å². The maximum absolute atomic E-state index is 12.3. The first kappa shape index (κ1) is 16.4. The third-order valence-corrected chi connectivity index (χ3v) is 3.43. The van der Waals surface area contributed by atoms with E-state index in [4.69, 9.17) is 5.11 Å². The van der Waals surface area contributed by atoms with E-state index in [1.54, 1.807) is 13.8 Å². The summed E-state index contributed by atoms with van der Waals surface area (Å²) in [7, 11) is 0. The second kappa shape index (κ2) is 6.22. The second-order valence-electron chi connectivity index (χ2n) is 5.85. The molecule has 0 aliphatic heterocycles. The highest BCUT2D eigenvalue weighted by molar-refractivity contribution is 6.02. The summed E-state index contributed by atoms with van der Waals surface area (Å²) in [6, 6.07) is 0. The van der Waals surface area contributed by atoms with E-state index in [-0.39, 0.29) is 18.3 Å². The molecule has 0 saturated carbocycles. The van der Waals surface area contributed by atoms with E-state index in [1.807, 2.05) is 13.8 Å². The molecule has 112 valence electrons. The molecule has 0 spiro atoms. The van der Waals surface area contributed by atoms with Crippen LogP contribution in [0.1, 0.15) is 65.7 Å². The fourth-order valence-corrected chi connectivity index (χ4v) is 2.46. The molecule has 20 heavy (non-hydrogen) atoms. The van der Waals surface area contributed by atoms with E-state index in [0.717, 1.165) is 0 Å². The lowest BCUT2D eigenvalue weighted by molar-refractivity contribution is 0.0899. The summed E-state index contributed by atoms with van der Waals surface area (Å²) in [5, 5.41) is 11.8. The minimum Gasteiger partial charge on any atom is -0.396 e. The van der Waals surface area contributed by atoms with Crippen molar-refractivity contribution in [2.24, 2.45) is 0 Å². The SMILES string of the molecule is CC(=O)c1c(C)[nH]c(C(=O)NC(C)(C)CCCO)c1C. The third-order valence-electron chi connectivity index (χ3n) is 3.43. The number of hydrogen-bond acceptors (Lipinski definition) is 3. The number of aromatic amines is 1. The number of H-pyrrole nitrogens is 1. The lowest BCUT2D eigenvalue weighted by Crippen LogP contribution is -2.43. The van der Waals surface area contributed by atoms with Crippen LogP contribution in [0, 0.1) is 13.8 Å². The molecule has 0 aliphatic carbocycles. The molecule has 0 saturated heterocycles. The normalized spacial score (nSPS) is 11.5. The van der Waals surface area contributed by atoms with Crippen LogP contribution >= 0.6 is 0 Å². The minimum atomic E-state index is -0.401. The van der Waals surface area contributed by atoms with Crippen LogP contribution in [0.15, 0.2) is 0 Å². The molecule has 1 aromatic rings. The average molecular weight is 280 g/mol. The Balaban J connectivity index is 2.94. The zero-order chi connectivity index (χ0) is 15.5. The quantitative estimate of drug-likeness (QED) is 0.698. The Morgan fingerprint density at radius 2 is 1.90 bits per heavy atom. The number of amides is 1. The minimum absolute atomic E-state index is 0.0464. The molecule has 0 aliphatic rings. The number of rotatable bonds is 6. The fourth-order valence-electron chi connectivity index (χ4n) is 2.46. The van der Waals surface area contributed by atoms with Crippen molar-refractivity contribution < 1.29 is 14.7 Å². The first-order valence-electron chi connectivity index (χ1n) is 6.83. The molecule has 1 rings (SSSR count). The van der Waals surface area contributed by atoms with Crippen molar-refractivity contribution in [1.29, 1.82) is 0 Å². The van der Waals surface area contributed by atoms with Gasteiger partial charge in [0.2, 0.25) is 0 Å². The summed E-state index contributed by atoms with van der Waals surface area (Å²) >= 11 is 0. The second-order valence-corrected chi connectivity index (χ2v) is 5.85. The number of nitrogens with one attached hydrogen (secondary N) is 2. The standard InChI is InChI=1S/C15H24N2O3/c1-9-12(11(3)19)10(2)16-13(9)14(20)17-15(4,5)7-6-8-18/h16,18H,6-8H2,1-5H3,(H,17,20). The Morgan fingerprint density at radius 3 is 2.35 bits per heavy atom. The van der Waals surface area contributed by atoms with Crippen LogP contribution in [0.3, 0.4) is 0 Å². The topological polar surface area (TPSA) is 82.2 Å². The maximum Gasteiger partial charge on any atom is 0.268 e. The van der Waals surface area contributed by atoms with Gasteiger partial charge in [-0.25, -0.2) is 0 Å². The van der Waals surface area contributed by atoms with Gasteiger partial charge >= 0.3 is 0 Å². The van der Waals surface area contributed by atoms with Gasteiger partial charge in [-0.3, -0.25) is 9.59 Å². The first-order valence-corrected chi connectivity index (χ1v) is 6.83. The number of aliphatic hydroxyl groups excluding tert-OH is 1. The van der Waals surface area contributed by atoms with Gasteiger partial charge in [0.1, 0.15) is 5.69 Å². The highest BCUT2D eigenvalue weighted by Crippen LogP contribution is 2.20. The number of carbonyl (C=O) groups is 2. The van der Waals surface area contributed by atoms with Crippen molar-refractivity contribution in [3.8, 4) is 0 Å². The van der Waals surface area contributed by atoms with Gasteiger partial charge < -0.3 is 15.4 Å². The van der Waals surface area contributed by atoms with E-state index in [9.17, 15) is 9.59 Å². The van der Waals surface area contributed by atoms with Crippen LogP contribution in [-0.2, 0) is 0 Å². The van der Waals surface area contributed by atoms with E-state index < -0.39 is 5.54 Å². The van der Waals surface area contributed by atoms with Gasteiger partial charge in [0.25, 0.3) is 5.91 Å². The van der Waals surface area contributed by atoms with Crippen LogP contribution in [0.5, 0.6) is 0 Å². The molecule has 5 nitrogen and oxygen atoms in total. The molecule has 1 amide bonds. The molecule has 0 unspecified atom stereocenters. The van der Waals surface area contributed by atoms with Gasteiger partial charge in [0, 0.05) is 23.4 Å². The maximum atomic E-state index is 12.3. The lowest BCUT2D eigenvalue weighted by Gasteiger charge is -2.26. The number of aryl methyl sites for hydroxylation is 1. The predicted octanol–water partition coefficient (Wildman–Crippen LogP) is 2.12. The molecule has 1 aromatic heterocycles. The molecule has 0 bridgehead atoms. The lowest BCUT2D eigenvalue weighted by atomic mass is 9.98. The van der Waals surface area contributed by atoms with E-state index in [0.29, 0.717) is 35.4 Å². The predicted molar refractivity (Wildman–Crippen MR) is 78.1 cm³/mol. The van der Waals surface area contributed by atoms with Crippen LogP contribution in [0.25, 0.3) is 0 Å². The van der Waals surface area contributed by atoms with Gasteiger partial charge in [-0.15, -0.1) is 0 Å². The number of carbonyl (C=O) groups excluding carboxylic acids is 2. The zero-order valence-corrected chi connectivity index (χ0v) is 12.9. The van der Waals surface area contributed by atoms with Crippen molar-refractivity contribution in [3.05, 3.63) is 22.5 Å². The third kappa shape index (κ3) is 3.70. The molecule has 0 radical (unpaired) electrons. The summed E-state index contributed by atoms with van der Waals surface area (Å²) in [5.41, 5.74) is 2.02. The Kier molecular flexibility index (Phi) is 5.11. The van der Waals surface area contributed by atoms with Crippen molar-refractivity contribution in [3.63, 3.8) is 0 Å². The molecular weight excluding hydrogens is 256 g/mol. The Bertz CT molecular complexity index is 515. The van der Waals surface area contributed by atoms with E-state index in [1.165, 1.54) is 6.92 Å². The zero-order valence-electron chi connectivity index (χ0n) is 12.9. The van der Waals surface area contributed by atoms with Crippen molar-refractivity contribution in [2.75, 3.05) is 6.61 Å². The Morgan fingerprint density at radius 1 is 1.30 bits per heavy atom. The largest absolute Gasteiger partial charge is 0.396 e. The summed E-state index contributed by atoms with van der Waals surface area (Å²) in [6.45, 7) is 8.99.